The van der Waals surface area contributed by atoms with Gasteiger partial charge in [-0.05, 0) is 17.5 Å². The quantitative estimate of drug-likeness (QED) is 0.502. The van der Waals surface area contributed by atoms with Crippen LogP contribution in [0.2, 0.25) is 0 Å². The van der Waals surface area contributed by atoms with Crippen molar-refractivity contribution >= 4 is 29.2 Å². The third-order valence-corrected chi connectivity index (χ3v) is 2.73. The summed E-state index contributed by atoms with van der Waals surface area (Å²) in [5.74, 6) is -0.795. The van der Waals surface area contributed by atoms with Crippen LogP contribution in [-0.4, -0.2) is 18.9 Å². The monoisotopic (exact) mass is 194 g/mol. The number of Topliss-reactive ketones (excluding diaryl/α,β-unsaturated/α-hetero) is 1. The molecule has 3 nitrogen and oxygen atoms in total. The SMILES string of the molecule is COC(=O)C1=Cc2sccc2C1=O. The van der Waals surface area contributed by atoms with E-state index in [-0.39, 0.29) is 11.4 Å². The van der Waals surface area contributed by atoms with E-state index in [0.29, 0.717) is 5.56 Å². The first-order chi connectivity index (χ1) is 6.24. The lowest BCUT2D eigenvalue weighted by atomic mass is 10.1. The first-order valence-electron chi connectivity index (χ1n) is 3.66. The summed E-state index contributed by atoms with van der Waals surface area (Å²) in [6.07, 6.45) is 1.58. The number of carbonyl (C=O) groups is 2. The number of fused-ring (bicyclic) bond motifs is 1. The second kappa shape index (κ2) is 2.81. The Morgan fingerprint density at radius 2 is 2.31 bits per heavy atom. The molecule has 1 aliphatic carbocycles. The van der Waals surface area contributed by atoms with Crippen LogP contribution in [0, 0.1) is 0 Å². The smallest absolute Gasteiger partial charge is 0.341 e. The van der Waals surface area contributed by atoms with Gasteiger partial charge in [-0.1, -0.05) is 0 Å². The van der Waals surface area contributed by atoms with Crippen molar-refractivity contribution < 1.29 is 14.3 Å². The van der Waals surface area contributed by atoms with Gasteiger partial charge in [-0.15, -0.1) is 11.3 Å². The predicted octanol–water partition coefficient (Wildman–Crippen LogP) is 1.50. The molecule has 0 unspecified atom stereocenters. The van der Waals surface area contributed by atoms with Gasteiger partial charge in [0.05, 0.1) is 7.11 Å². The van der Waals surface area contributed by atoms with E-state index in [1.54, 1.807) is 12.1 Å². The first-order valence-corrected chi connectivity index (χ1v) is 4.54. The molecule has 1 aromatic rings. The van der Waals surface area contributed by atoms with Crippen LogP contribution in [0.5, 0.6) is 0 Å². The summed E-state index contributed by atoms with van der Waals surface area (Å²) >= 11 is 1.44. The zero-order valence-electron chi connectivity index (χ0n) is 6.87. The molecule has 0 aromatic carbocycles. The molecule has 0 bridgehead atoms. The van der Waals surface area contributed by atoms with Crippen LogP contribution < -0.4 is 0 Å². The van der Waals surface area contributed by atoms with Gasteiger partial charge in [-0.3, -0.25) is 4.79 Å². The van der Waals surface area contributed by atoms with Crippen molar-refractivity contribution in [2.24, 2.45) is 0 Å². The summed E-state index contributed by atoms with van der Waals surface area (Å²) in [4.78, 5) is 23.4. The predicted molar refractivity (Wildman–Crippen MR) is 48.6 cm³/mol. The Labute approximate surface area is 78.6 Å². The highest BCUT2D eigenvalue weighted by molar-refractivity contribution is 7.11. The highest BCUT2D eigenvalue weighted by Gasteiger charge is 2.28. The summed E-state index contributed by atoms with van der Waals surface area (Å²) < 4.78 is 4.48. The van der Waals surface area contributed by atoms with E-state index >= 15 is 0 Å². The molecule has 0 saturated heterocycles. The third-order valence-electron chi connectivity index (χ3n) is 1.87. The normalized spacial score (nSPS) is 13.9. The minimum Gasteiger partial charge on any atom is -0.465 e. The van der Waals surface area contributed by atoms with Crippen LogP contribution in [0.4, 0.5) is 0 Å². The zero-order valence-corrected chi connectivity index (χ0v) is 7.68. The van der Waals surface area contributed by atoms with Crippen molar-refractivity contribution in [2.45, 2.75) is 0 Å². The summed E-state index contributed by atoms with van der Waals surface area (Å²) in [5.41, 5.74) is 0.731. The number of rotatable bonds is 1. The van der Waals surface area contributed by atoms with E-state index in [1.165, 1.54) is 18.4 Å². The number of ketones is 1. The van der Waals surface area contributed by atoms with Crippen LogP contribution in [0.3, 0.4) is 0 Å². The minimum atomic E-state index is -0.562. The fourth-order valence-corrected chi connectivity index (χ4v) is 2.05. The summed E-state index contributed by atoms with van der Waals surface area (Å²) in [6.45, 7) is 0. The summed E-state index contributed by atoms with van der Waals surface area (Å²) in [6, 6.07) is 1.72. The molecule has 0 saturated carbocycles. The van der Waals surface area contributed by atoms with Crippen LogP contribution in [0.25, 0.3) is 6.08 Å². The highest BCUT2D eigenvalue weighted by atomic mass is 32.1. The maximum atomic E-state index is 11.5. The van der Waals surface area contributed by atoms with Gasteiger partial charge in [-0.25, -0.2) is 4.79 Å². The van der Waals surface area contributed by atoms with Gasteiger partial charge in [0.25, 0.3) is 0 Å². The fourth-order valence-electron chi connectivity index (χ4n) is 1.22. The van der Waals surface area contributed by atoms with Gasteiger partial charge < -0.3 is 4.74 Å². The average molecular weight is 194 g/mol. The van der Waals surface area contributed by atoms with Crippen LogP contribution in [-0.2, 0) is 9.53 Å². The second-order valence-electron chi connectivity index (χ2n) is 2.58. The molecule has 0 aliphatic heterocycles. The number of methoxy groups -OCH3 is 1. The highest BCUT2D eigenvalue weighted by Crippen LogP contribution is 2.29. The van der Waals surface area contributed by atoms with Crippen LogP contribution in [0.1, 0.15) is 15.2 Å². The molecular formula is C9H6O3S. The number of thiophene rings is 1. The van der Waals surface area contributed by atoms with Crippen LogP contribution >= 0.6 is 11.3 Å². The van der Waals surface area contributed by atoms with E-state index in [0.717, 1.165) is 4.88 Å². The number of ether oxygens (including phenoxy) is 1. The molecule has 0 atom stereocenters. The number of hydrogen-bond acceptors (Lipinski definition) is 4. The maximum Gasteiger partial charge on any atom is 0.341 e. The van der Waals surface area contributed by atoms with Crippen molar-refractivity contribution in [3.63, 3.8) is 0 Å². The van der Waals surface area contributed by atoms with E-state index in [9.17, 15) is 9.59 Å². The van der Waals surface area contributed by atoms with Crippen molar-refractivity contribution in [2.75, 3.05) is 7.11 Å². The number of hydrogen-bond donors (Lipinski definition) is 0. The molecular weight excluding hydrogens is 188 g/mol. The Bertz CT molecular complexity index is 414. The standard InChI is InChI=1S/C9H6O3S/c1-12-9(11)6-4-7-5(8(6)10)2-3-13-7/h2-4H,1H3. The van der Waals surface area contributed by atoms with Gasteiger partial charge in [0.15, 0.2) is 0 Å². The molecule has 4 heteroatoms. The molecule has 1 heterocycles. The Hall–Kier alpha value is -1.42. The van der Waals surface area contributed by atoms with Gasteiger partial charge in [0, 0.05) is 10.4 Å². The van der Waals surface area contributed by atoms with Crippen molar-refractivity contribution in [1.82, 2.24) is 0 Å². The lowest BCUT2D eigenvalue weighted by Gasteiger charge is -1.96. The summed E-state index contributed by atoms with van der Waals surface area (Å²) in [7, 11) is 1.27. The zero-order chi connectivity index (χ0) is 9.42. The molecule has 1 aromatic heterocycles. The largest absolute Gasteiger partial charge is 0.465 e. The lowest BCUT2D eigenvalue weighted by Crippen LogP contribution is -2.10. The lowest BCUT2D eigenvalue weighted by molar-refractivity contribution is -0.135. The van der Waals surface area contributed by atoms with Crippen molar-refractivity contribution in [3.8, 4) is 0 Å². The van der Waals surface area contributed by atoms with Gasteiger partial charge in [0.2, 0.25) is 5.78 Å². The topological polar surface area (TPSA) is 43.4 Å². The first kappa shape index (κ1) is 8.19. The van der Waals surface area contributed by atoms with Crippen LogP contribution in [0.15, 0.2) is 17.0 Å². The molecule has 13 heavy (non-hydrogen) atoms. The molecule has 1 aliphatic rings. The Balaban J connectivity index is 2.43. The van der Waals surface area contributed by atoms with E-state index in [2.05, 4.69) is 4.74 Å². The third kappa shape index (κ3) is 1.10. The Morgan fingerprint density at radius 1 is 1.54 bits per heavy atom. The van der Waals surface area contributed by atoms with Gasteiger partial charge >= 0.3 is 5.97 Å². The molecule has 0 N–H and O–H groups in total. The van der Waals surface area contributed by atoms with E-state index in [1.807, 2.05) is 5.38 Å². The van der Waals surface area contributed by atoms with Crippen molar-refractivity contribution in [1.29, 1.82) is 0 Å². The van der Waals surface area contributed by atoms with E-state index < -0.39 is 5.97 Å². The Morgan fingerprint density at radius 3 is 2.92 bits per heavy atom. The van der Waals surface area contributed by atoms with E-state index in [4.69, 9.17) is 0 Å². The molecule has 0 spiro atoms. The average Bonchev–Trinajstić information content (AvgIpc) is 2.68. The molecule has 0 amide bonds. The maximum absolute atomic E-state index is 11.5. The number of esters is 1. The van der Waals surface area contributed by atoms with Crippen molar-refractivity contribution in [3.05, 3.63) is 27.5 Å². The van der Waals surface area contributed by atoms with Gasteiger partial charge in [-0.2, -0.15) is 0 Å². The van der Waals surface area contributed by atoms with Gasteiger partial charge in [0.1, 0.15) is 5.57 Å². The number of carbonyl (C=O) groups excluding carboxylic acids is 2. The Kier molecular flexibility index (Phi) is 1.77. The molecule has 0 fully saturated rings. The second-order valence-corrected chi connectivity index (χ2v) is 3.52. The molecule has 66 valence electrons. The summed E-state index contributed by atoms with van der Waals surface area (Å²) in [5, 5.41) is 1.83. The molecule has 2 rings (SSSR count). The fraction of sp³-hybridized carbons (Fsp3) is 0.111. The molecule has 0 radical (unpaired) electrons. The minimum absolute atomic E-state index is 0.129.